The number of carbonyl (C=O) groups excluding carboxylic acids is 6. The molecule has 6 amide bonds. The molecule has 0 bridgehead atoms. The molecule has 2 aliphatic rings. The molecule has 4 rings (SSSR count). The highest BCUT2D eigenvalue weighted by Gasteiger charge is 2.38. The first kappa shape index (κ1) is 33.8. The first-order chi connectivity index (χ1) is 21.4. The van der Waals surface area contributed by atoms with E-state index in [2.05, 4.69) is 5.32 Å². The number of morpholine rings is 1. The van der Waals surface area contributed by atoms with Crippen LogP contribution in [0.4, 0.5) is 20.6 Å². The number of anilines is 2. The fraction of sp³-hybridized carbons (Fsp3) is 0.429. The molecule has 2 atom stereocenters. The maximum atomic E-state index is 15.2. The molecule has 14 nitrogen and oxygen atoms in total. The lowest BCUT2D eigenvalue weighted by Crippen LogP contribution is -2.43. The Morgan fingerprint density at radius 1 is 1.16 bits per heavy atom. The molecule has 17 heteroatoms. The predicted octanol–water partition coefficient (Wildman–Crippen LogP) is 1.39. The van der Waals surface area contributed by atoms with Gasteiger partial charge in [-0.1, -0.05) is 11.6 Å². The zero-order chi connectivity index (χ0) is 32.7. The zero-order valence-electron chi connectivity index (χ0n) is 24.0. The van der Waals surface area contributed by atoms with Crippen LogP contribution in [0.15, 0.2) is 30.3 Å². The molecular weight excluding hydrogens is 635 g/mol. The van der Waals surface area contributed by atoms with Crippen LogP contribution >= 0.6 is 22.9 Å². The molecule has 5 N–H and O–H groups in total. The number of nitrogens with two attached hydrogens (primary N) is 2. The Morgan fingerprint density at radius 2 is 1.93 bits per heavy atom. The monoisotopic (exact) mass is 666 g/mol. The number of hydrogen-bond donors (Lipinski definition) is 3. The molecule has 242 valence electrons. The number of imide groups is 1. The lowest BCUT2D eigenvalue weighted by Gasteiger charge is -2.27. The predicted molar refractivity (Wildman–Crippen MR) is 161 cm³/mol. The highest BCUT2D eigenvalue weighted by Crippen LogP contribution is 2.30. The number of amides is 6. The second-order valence-electron chi connectivity index (χ2n) is 10.3. The van der Waals surface area contributed by atoms with Crippen molar-refractivity contribution in [2.24, 2.45) is 11.5 Å². The van der Waals surface area contributed by atoms with Crippen molar-refractivity contribution >= 4 is 69.9 Å². The summed E-state index contributed by atoms with van der Waals surface area (Å²) in [5.74, 6) is -3.53. The van der Waals surface area contributed by atoms with Gasteiger partial charge in [-0.25, -0.2) is 9.18 Å². The summed E-state index contributed by atoms with van der Waals surface area (Å²) in [5.41, 5.74) is 10.9. The van der Waals surface area contributed by atoms with E-state index in [4.69, 9.17) is 32.5 Å². The Morgan fingerprint density at radius 3 is 2.60 bits per heavy atom. The summed E-state index contributed by atoms with van der Waals surface area (Å²) < 4.78 is 26.0. The Kier molecular flexibility index (Phi) is 11.4. The van der Waals surface area contributed by atoms with Crippen molar-refractivity contribution in [1.82, 2.24) is 10.2 Å². The number of cyclic esters (lactones) is 1. The number of halogens is 2. The minimum absolute atomic E-state index is 0.0746. The molecule has 0 spiro atoms. The summed E-state index contributed by atoms with van der Waals surface area (Å²) in [6.07, 6.45) is -1.55. The summed E-state index contributed by atoms with van der Waals surface area (Å²) in [4.78, 5) is 78.0. The normalized spacial score (nSPS) is 17.2. The number of primary amides is 1. The Hall–Kier alpha value is -4.12. The molecule has 2 aliphatic heterocycles. The number of ether oxygens (including phenoxy) is 2. The molecule has 2 saturated heterocycles. The number of unbranched alkanes of at least 4 members (excludes halogenated alkanes) is 1. The van der Waals surface area contributed by atoms with Crippen LogP contribution in [0.5, 0.6) is 0 Å². The molecule has 3 heterocycles. The van der Waals surface area contributed by atoms with E-state index in [1.807, 2.05) is 0 Å². The van der Waals surface area contributed by atoms with Crippen molar-refractivity contribution in [3.05, 3.63) is 45.4 Å². The zero-order valence-corrected chi connectivity index (χ0v) is 25.6. The average molecular weight is 667 g/mol. The van der Waals surface area contributed by atoms with E-state index in [0.717, 1.165) is 27.2 Å². The highest BCUT2D eigenvalue weighted by molar-refractivity contribution is 7.18. The van der Waals surface area contributed by atoms with Gasteiger partial charge in [0.15, 0.2) is 0 Å². The minimum atomic E-state index is -1.08. The largest absolute Gasteiger partial charge is 0.442 e. The van der Waals surface area contributed by atoms with Gasteiger partial charge in [-0.2, -0.15) is 0 Å². The van der Waals surface area contributed by atoms with E-state index < -0.39 is 47.7 Å². The third-order valence-electron chi connectivity index (χ3n) is 6.98. The first-order valence-electron chi connectivity index (χ1n) is 14.0. The Labute approximate surface area is 266 Å². The number of nitrogens with one attached hydrogen (secondary N) is 1. The van der Waals surface area contributed by atoms with Gasteiger partial charge in [-0.3, -0.25) is 33.8 Å². The second kappa shape index (κ2) is 15.2. The van der Waals surface area contributed by atoms with Crippen molar-refractivity contribution in [1.29, 1.82) is 0 Å². The minimum Gasteiger partial charge on any atom is -0.442 e. The lowest BCUT2D eigenvalue weighted by molar-refractivity contribution is -0.129. The van der Waals surface area contributed by atoms with Crippen molar-refractivity contribution in [3.8, 4) is 0 Å². The molecule has 1 aromatic carbocycles. The SMILES string of the molecule is NC(=O)C[C@H](N)C(=O)NCCCCC(=O)N(C[C@H]1CN(c2ccc(N3CCOCC3=O)cc2F)C(=O)O1)C(=O)c1ccc(Cl)s1. The molecule has 2 aromatic rings. The molecule has 0 radical (unpaired) electrons. The van der Waals surface area contributed by atoms with E-state index in [0.29, 0.717) is 29.5 Å². The van der Waals surface area contributed by atoms with Crippen molar-refractivity contribution in [2.45, 2.75) is 37.8 Å². The van der Waals surface area contributed by atoms with E-state index in [1.54, 1.807) is 0 Å². The fourth-order valence-corrected chi connectivity index (χ4v) is 5.73. The smallest absolute Gasteiger partial charge is 0.414 e. The number of nitrogens with zero attached hydrogens (tertiary/aromatic N) is 3. The van der Waals surface area contributed by atoms with Gasteiger partial charge in [0.1, 0.15) is 18.5 Å². The van der Waals surface area contributed by atoms with Crippen LogP contribution in [-0.2, 0) is 28.7 Å². The van der Waals surface area contributed by atoms with Crippen LogP contribution in [0, 0.1) is 5.82 Å². The number of rotatable bonds is 13. The van der Waals surface area contributed by atoms with E-state index in [-0.39, 0.29) is 62.1 Å². The molecule has 0 saturated carbocycles. The molecule has 0 unspecified atom stereocenters. The van der Waals surface area contributed by atoms with Crippen LogP contribution in [0.25, 0.3) is 0 Å². The summed E-state index contributed by atoms with van der Waals surface area (Å²) in [6, 6.07) is 5.93. The number of thiophene rings is 1. The van der Waals surface area contributed by atoms with Crippen LogP contribution in [0.2, 0.25) is 4.34 Å². The average Bonchev–Trinajstić information content (AvgIpc) is 3.59. The summed E-state index contributed by atoms with van der Waals surface area (Å²) in [7, 11) is 0. The standard InChI is InChI=1S/C28H32ClFN6O8S/c29-22-7-6-21(45-22)27(41)36(24(38)3-1-2-8-33-26(40)19(31)12-23(32)37)14-17-13-35(28(42)44-17)20-5-4-16(11-18(20)30)34-9-10-43-15-25(34)39/h4-7,11,17,19H,1-3,8-10,12-15,31H2,(H2,32,37)(H,33,40)/t17-,19+/m1/s1. The maximum Gasteiger partial charge on any atom is 0.414 e. The molecule has 2 fully saturated rings. The van der Waals surface area contributed by atoms with Crippen LogP contribution in [0.1, 0.15) is 35.4 Å². The summed E-state index contributed by atoms with van der Waals surface area (Å²) in [6.45, 7) is 0.190. The van der Waals surface area contributed by atoms with Crippen molar-refractivity contribution < 1.29 is 42.6 Å². The van der Waals surface area contributed by atoms with Crippen molar-refractivity contribution in [3.63, 3.8) is 0 Å². The van der Waals surface area contributed by atoms with E-state index in [1.165, 1.54) is 29.2 Å². The quantitative estimate of drug-likeness (QED) is 0.265. The number of carbonyl (C=O) groups is 6. The molecular formula is C28H32ClFN6O8S. The van der Waals surface area contributed by atoms with Gasteiger partial charge in [0.25, 0.3) is 11.8 Å². The third kappa shape index (κ3) is 8.75. The summed E-state index contributed by atoms with van der Waals surface area (Å²) >= 11 is 6.98. The molecule has 1 aromatic heterocycles. The Bertz CT molecular complexity index is 1470. The van der Waals surface area contributed by atoms with Gasteiger partial charge in [-0.15, -0.1) is 11.3 Å². The third-order valence-corrected chi connectivity index (χ3v) is 8.20. The van der Waals surface area contributed by atoms with E-state index in [9.17, 15) is 28.8 Å². The topological polar surface area (TPSA) is 195 Å². The van der Waals surface area contributed by atoms with Crippen molar-refractivity contribution in [2.75, 3.05) is 49.2 Å². The highest BCUT2D eigenvalue weighted by atomic mass is 35.5. The second-order valence-corrected chi connectivity index (χ2v) is 12.0. The number of benzene rings is 1. The van der Waals surface area contributed by atoms with Gasteiger partial charge in [0.05, 0.1) is 47.1 Å². The first-order valence-corrected chi connectivity index (χ1v) is 15.2. The van der Waals surface area contributed by atoms with Crippen LogP contribution in [0.3, 0.4) is 0 Å². The van der Waals surface area contributed by atoms with Gasteiger partial charge < -0.3 is 31.2 Å². The van der Waals surface area contributed by atoms with Crippen LogP contribution < -0.4 is 26.6 Å². The summed E-state index contributed by atoms with van der Waals surface area (Å²) in [5, 5.41) is 2.56. The number of hydrogen-bond acceptors (Lipinski definition) is 10. The lowest BCUT2D eigenvalue weighted by atomic mass is 10.1. The Balaban J connectivity index is 1.38. The molecule has 45 heavy (non-hydrogen) atoms. The van der Waals surface area contributed by atoms with Gasteiger partial charge in [0, 0.05) is 25.2 Å². The van der Waals surface area contributed by atoms with Crippen LogP contribution in [-0.4, -0.2) is 92.1 Å². The molecule has 0 aliphatic carbocycles. The maximum absolute atomic E-state index is 15.2. The fourth-order valence-electron chi connectivity index (χ4n) is 4.74. The van der Waals surface area contributed by atoms with E-state index >= 15 is 4.39 Å². The van der Waals surface area contributed by atoms with Gasteiger partial charge in [-0.05, 0) is 43.2 Å². The van der Waals surface area contributed by atoms with Gasteiger partial charge in [0.2, 0.25) is 17.7 Å². The van der Waals surface area contributed by atoms with Gasteiger partial charge >= 0.3 is 6.09 Å².